The zero-order chi connectivity index (χ0) is 36.4. The van der Waals surface area contributed by atoms with Gasteiger partial charge in [0.2, 0.25) is 0 Å². The van der Waals surface area contributed by atoms with Gasteiger partial charge in [0.15, 0.2) is 5.58 Å². The Morgan fingerprint density at radius 1 is 0.455 bits per heavy atom. The molecule has 9 aromatic rings. The summed E-state index contributed by atoms with van der Waals surface area (Å²) in [6.45, 7) is 4.81. The summed E-state index contributed by atoms with van der Waals surface area (Å²) in [5, 5.41) is 2.26. The van der Waals surface area contributed by atoms with Gasteiger partial charge >= 0.3 is 0 Å². The number of hydrogen-bond acceptors (Lipinski definition) is 3. The van der Waals surface area contributed by atoms with Gasteiger partial charge in [-0.1, -0.05) is 141 Å². The molecule has 0 N–H and O–H groups in total. The van der Waals surface area contributed by atoms with Gasteiger partial charge in [-0.2, -0.15) is 0 Å². The molecule has 0 saturated carbocycles. The summed E-state index contributed by atoms with van der Waals surface area (Å²) in [4.78, 5) is 4.90. The molecular formula is C51H35BN2O. The number of para-hydroxylation sites is 4. The Labute approximate surface area is 320 Å². The molecule has 0 bridgehead atoms. The second kappa shape index (κ2) is 11.1. The average molecular weight is 703 g/mol. The number of hydrogen-bond donors (Lipinski definition) is 0. The predicted octanol–water partition coefficient (Wildman–Crippen LogP) is 11.6. The molecule has 0 spiro atoms. The highest BCUT2D eigenvalue weighted by Gasteiger charge is 2.43. The molecule has 8 aromatic carbocycles. The zero-order valence-electron chi connectivity index (χ0n) is 30.6. The molecule has 4 heteroatoms. The zero-order valence-corrected chi connectivity index (χ0v) is 30.6. The van der Waals surface area contributed by atoms with Crippen LogP contribution in [-0.2, 0) is 5.41 Å². The number of anilines is 6. The Morgan fingerprint density at radius 2 is 1.02 bits per heavy atom. The monoisotopic (exact) mass is 702 g/mol. The van der Waals surface area contributed by atoms with E-state index in [0.29, 0.717) is 0 Å². The summed E-state index contributed by atoms with van der Waals surface area (Å²) in [6.07, 6.45) is 0. The first kappa shape index (κ1) is 30.7. The fourth-order valence-electron chi connectivity index (χ4n) is 10.2. The Bertz CT molecular complexity index is 3050. The van der Waals surface area contributed by atoms with Gasteiger partial charge in [0.1, 0.15) is 5.58 Å². The third-order valence-corrected chi connectivity index (χ3v) is 12.4. The lowest BCUT2D eigenvalue weighted by Gasteiger charge is -2.44. The topological polar surface area (TPSA) is 19.6 Å². The molecule has 3 nitrogen and oxygen atoms in total. The number of rotatable bonds is 3. The maximum absolute atomic E-state index is 6.67. The maximum Gasteiger partial charge on any atom is 0.252 e. The van der Waals surface area contributed by atoms with Crippen molar-refractivity contribution in [1.82, 2.24) is 0 Å². The van der Waals surface area contributed by atoms with Crippen LogP contribution in [0.25, 0.3) is 44.2 Å². The van der Waals surface area contributed by atoms with Gasteiger partial charge in [0.25, 0.3) is 6.71 Å². The molecule has 0 unspecified atom stereocenters. The van der Waals surface area contributed by atoms with Crippen molar-refractivity contribution in [2.75, 3.05) is 9.80 Å². The standard InChI is InChI=1S/C51H35BN2O/c1-51(2)39-19-5-3-14-35(39)37-17-11-16-34(48(37)51)32-28-30-33(31-29-32)53-42-22-8-6-20-40(42)52-41-21-7-9-23-43(41)54(45-25-13-24-44(53)49(45)52)46-26-12-18-38-36-15-4-10-27-47(36)55-50(38)46/h3-31H,1-2H3. The Kier molecular flexibility index (Phi) is 6.20. The van der Waals surface area contributed by atoms with Gasteiger partial charge in [-0.05, 0) is 98.3 Å². The van der Waals surface area contributed by atoms with Crippen LogP contribution in [0.4, 0.5) is 34.1 Å². The largest absolute Gasteiger partial charge is 0.454 e. The first-order chi connectivity index (χ1) is 27.1. The highest BCUT2D eigenvalue weighted by atomic mass is 16.3. The van der Waals surface area contributed by atoms with Crippen LogP contribution in [0.5, 0.6) is 0 Å². The lowest BCUT2D eigenvalue weighted by Crippen LogP contribution is -2.61. The van der Waals surface area contributed by atoms with Gasteiger partial charge in [0.05, 0.1) is 5.69 Å². The molecule has 12 rings (SSSR count). The molecule has 0 amide bonds. The average Bonchev–Trinajstić information content (AvgIpc) is 3.73. The van der Waals surface area contributed by atoms with Crippen LogP contribution < -0.4 is 26.2 Å². The van der Waals surface area contributed by atoms with E-state index in [1.807, 2.05) is 6.07 Å². The minimum atomic E-state index is -0.0834. The van der Waals surface area contributed by atoms with E-state index in [2.05, 4.69) is 194 Å². The molecule has 0 saturated heterocycles. The number of furan rings is 1. The van der Waals surface area contributed by atoms with Crippen molar-refractivity contribution in [2.24, 2.45) is 0 Å². The summed E-state index contributed by atoms with van der Waals surface area (Å²) in [5.74, 6) is 0. The predicted molar refractivity (Wildman–Crippen MR) is 231 cm³/mol. The lowest BCUT2D eigenvalue weighted by atomic mass is 9.33. The molecule has 3 aliphatic rings. The van der Waals surface area contributed by atoms with Gasteiger partial charge in [-0.15, -0.1) is 0 Å². The van der Waals surface area contributed by atoms with E-state index in [4.69, 9.17) is 4.42 Å². The molecule has 55 heavy (non-hydrogen) atoms. The summed E-state index contributed by atoms with van der Waals surface area (Å²) < 4.78 is 6.67. The molecule has 0 fully saturated rings. The Balaban J connectivity index is 1.04. The quantitative estimate of drug-likeness (QED) is 0.171. The van der Waals surface area contributed by atoms with E-state index in [1.165, 1.54) is 72.5 Å². The van der Waals surface area contributed by atoms with E-state index in [-0.39, 0.29) is 12.1 Å². The lowest BCUT2D eigenvalue weighted by molar-refractivity contribution is 0.662. The molecule has 2 aliphatic heterocycles. The van der Waals surface area contributed by atoms with Crippen LogP contribution in [0.15, 0.2) is 180 Å². The van der Waals surface area contributed by atoms with E-state index in [0.717, 1.165) is 33.3 Å². The molecule has 0 atom stereocenters. The minimum absolute atomic E-state index is 0.0796. The highest BCUT2D eigenvalue weighted by molar-refractivity contribution is 7.00. The van der Waals surface area contributed by atoms with E-state index in [9.17, 15) is 0 Å². The van der Waals surface area contributed by atoms with E-state index < -0.39 is 0 Å². The van der Waals surface area contributed by atoms with Crippen molar-refractivity contribution >= 4 is 79.2 Å². The van der Waals surface area contributed by atoms with Gasteiger partial charge in [0, 0.05) is 44.6 Å². The second-order valence-corrected chi connectivity index (χ2v) is 15.6. The summed E-state index contributed by atoms with van der Waals surface area (Å²) in [5.41, 5.74) is 20.6. The fraction of sp³-hybridized carbons (Fsp3) is 0.0588. The van der Waals surface area contributed by atoms with E-state index in [1.54, 1.807) is 0 Å². The third kappa shape index (κ3) is 4.11. The van der Waals surface area contributed by atoms with Gasteiger partial charge < -0.3 is 14.2 Å². The van der Waals surface area contributed by atoms with Crippen molar-refractivity contribution in [2.45, 2.75) is 19.3 Å². The molecular weight excluding hydrogens is 667 g/mol. The minimum Gasteiger partial charge on any atom is -0.454 e. The Hall–Kier alpha value is -6.78. The smallest absolute Gasteiger partial charge is 0.252 e. The molecule has 1 aliphatic carbocycles. The third-order valence-electron chi connectivity index (χ3n) is 12.4. The number of fused-ring (bicyclic) bond motifs is 10. The van der Waals surface area contributed by atoms with Crippen LogP contribution >= 0.6 is 0 Å². The van der Waals surface area contributed by atoms with Crippen molar-refractivity contribution in [1.29, 1.82) is 0 Å². The van der Waals surface area contributed by atoms with Crippen LogP contribution in [0.1, 0.15) is 25.0 Å². The van der Waals surface area contributed by atoms with Crippen LogP contribution in [0.3, 0.4) is 0 Å². The van der Waals surface area contributed by atoms with Crippen molar-refractivity contribution in [3.63, 3.8) is 0 Å². The van der Waals surface area contributed by atoms with Gasteiger partial charge in [-0.3, -0.25) is 0 Å². The summed E-state index contributed by atoms with van der Waals surface area (Å²) in [7, 11) is 0. The Morgan fingerprint density at radius 3 is 1.84 bits per heavy atom. The molecule has 3 heterocycles. The number of nitrogens with zero attached hydrogens (tertiary/aromatic N) is 2. The van der Waals surface area contributed by atoms with Crippen molar-refractivity contribution < 1.29 is 4.42 Å². The SMILES string of the molecule is CC1(C)c2ccccc2-c2cccc(-c3ccc(N4c5ccccc5B5c6ccccc6N(c6cccc7c6oc6ccccc67)c6cccc4c65)cc3)c21. The summed E-state index contributed by atoms with van der Waals surface area (Å²) in [6, 6.07) is 64.5. The molecule has 1 aromatic heterocycles. The summed E-state index contributed by atoms with van der Waals surface area (Å²) >= 11 is 0. The fourth-order valence-corrected chi connectivity index (χ4v) is 10.2. The van der Waals surface area contributed by atoms with Crippen LogP contribution in [0.2, 0.25) is 0 Å². The van der Waals surface area contributed by atoms with Gasteiger partial charge in [-0.25, -0.2) is 0 Å². The van der Waals surface area contributed by atoms with Crippen LogP contribution in [-0.4, -0.2) is 6.71 Å². The highest BCUT2D eigenvalue weighted by Crippen LogP contribution is 2.52. The molecule has 258 valence electrons. The maximum atomic E-state index is 6.67. The molecule has 0 radical (unpaired) electrons. The normalized spacial score (nSPS) is 14.4. The van der Waals surface area contributed by atoms with Crippen molar-refractivity contribution in [3.8, 4) is 22.3 Å². The van der Waals surface area contributed by atoms with E-state index >= 15 is 0 Å². The van der Waals surface area contributed by atoms with Crippen LogP contribution in [0, 0.1) is 0 Å². The first-order valence-electron chi connectivity index (χ1n) is 19.2. The van der Waals surface area contributed by atoms with Crippen molar-refractivity contribution in [3.05, 3.63) is 187 Å². The second-order valence-electron chi connectivity index (χ2n) is 15.6. The number of benzene rings is 8. The first-order valence-corrected chi connectivity index (χ1v) is 19.2.